The fraction of sp³-hybridized carbons (Fsp3) is 0.900. The van der Waals surface area contributed by atoms with Crippen molar-refractivity contribution < 1.29 is 19.2 Å². The lowest BCUT2D eigenvalue weighted by Gasteiger charge is -2.54. The molecule has 1 rings (SSSR count). The van der Waals surface area contributed by atoms with Crippen molar-refractivity contribution in [2.45, 2.75) is 45.4 Å². The Morgan fingerprint density at radius 1 is 1.50 bits per heavy atom. The molecular weight excluding hydrogens is 212 g/mol. The maximum Gasteiger partial charge on any atom is 0.408 e. The third-order valence-corrected chi connectivity index (χ3v) is 2.67. The largest absolute Gasteiger partial charge is 0.598 e. The molecule has 1 amide bonds. The van der Waals surface area contributed by atoms with Crippen molar-refractivity contribution in [2.75, 3.05) is 13.7 Å². The Bertz CT molecular complexity index is 276. The van der Waals surface area contributed by atoms with Gasteiger partial charge in [0.2, 0.25) is 0 Å². The minimum Gasteiger partial charge on any atom is -0.598 e. The van der Waals surface area contributed by atoms with Crippen LogP contribution in [-0.2, 0) is 9.57 Å². The molecule has 2 unspecified atom stereocenters. The molecule has 1 N–H and O–H groups in total. The smallest absolute Gasteiger partial charge is 0.408 e. The average molecular weight is 232 g/mol. The van der Waals surface area contributed by atoms with Gasteiger partial charge in [0.15, 0.2) is 0 Å². The summed E-state index contributed by atoms with van der Waals surface area (Å²) in [6, 6.07) is -0.496. The van der Waals surface area contributed by atoms with Gasteiger partial charge in [-0.15, -0.1) is 0 Å². The number of rotatable bonds is 2. The van der Waals surface area contributed by atoms with E-state index in [-0.39, 0.29) is 18.6 Å². The summed E-state index contributed by atoms with van der Waals surface area (Å²) in [5.74, 6) is 0. The van der Waals surface area contributed by atoms with Gasteiger partial charge in [-0.2, -0.15) is 0 Å². The highest BCUT2D eigenvalue weighted by atomic mass is 16.9. The van der Waals surface area contributed by atoms with Crippen LogP contribution in [0.4, 0.5) is 4.79 Å². The summed E-state index contributed by atoms with van der Waals surface area (Å²) in [5.41, 5.74) is -0.526. The lowest BCUT2D eigenvalue weighted by Crippen LogP contribution is -2.73. The molecule has 1 fully saturated rings. The van der Waals surface area contributed by atoms with Gasteiger partial charge in [0, 0.05) is 0 Å². The molecule has 94 valence electrons. The molecule has 1 aliphatic heterocycles. The van der Waals surface area contributed by atoms with E-state index in [0.717, 1.165) is 0 Å². The van der Waals surface area contributed by atoms with Crippen LogP contribution in [0.2, 0.25) is 0 Å². The zero-order valence-corrected chi connectivity index (χ0v) is 10.4. The number of hydrogen-bond donors (Lipinski definition) is 1. The summed E-state index contributed by atoms with van der Waals surface area (Å²) in [4.78, 5) is 15.5. The first-order chi connectivity index (χ1) is 7.18. The second-order valence-corrected chi connectivity index (χ2v) is 5.08. The van der Waals surface area contributed by atoms with E-state index in [9.17, 15) is 10.0 Å². The van der Waals surface area contributed by atoms with E-state index in [1.54, 1.807) is 27.7 Å². The average Bonchev–Trinajstić information content (AvgIpc) is 2.13. The highest BCUT2D eigenvalue weighted by Crippen LogP contribution is 2.27. The van der Waals surface area contributed by atoms with Crippen molar-refractivity contribution >= 4 is 6.09 Å². The molecular formula is C10H20N2O4. The van der Waals surface area contributed by atoms with Crippen molar-refractivity contribution in [3.8, 4) is 0 Å². The monoisotopic (exact) mass is 232 g/mol. The highest BCUT2D eigenvalue weighted by molar-refractivity contribution is 5.68. The van der Waals surface area contributed by atoms with E-state index in [1.807, 2.05) is 0 Å². The maximum absolute atomic E-state index is 11.7. The molecule has 0 saturated carbocycles. The summed E-state index contributed by atoms with van der Waals surface area (Å²) in [6.07, 6.45) is -0.494. The van der Waals surface area contributed by atoms with Crippen LogP contribution in [0.5, 0.6) is 0 Å². The molecule has 6 nitrogen and oxygen atoms in total. The Morgan fingerprint density at radius 3 is 2.44 bits per heavy atom. The summed E-state index contributed by atoms with van der Waals surface area (Å²) in [5, 5.41) is 14.3. The van der Waals surface area contributed by atoms with Gasteiger partial charge < -0.3 is 15.3 Å². The molecule has 0 aromatic carbocycles. The molecule has 16 heavy (non-hydrogen) atoms. The van der Waals surface area contributed by atoms with E-state index < -0.39 is 16.5 Å². The normalized spacial score (nSPS) is 34.1. The molecule has 1 saturated heterocycles. The third-order valence-electron chi connectivity index (χ3n) is 2.67. The third kappa shape index (κ3) is 2.84. The molecule has 0 spiro atoms. The quantitative estimate of drug-likeness (QED) is 0.573. The number of hydroxylamine groups is 4. The minimum absolute atomic E-state index is 0.188. The van der Waals surface area contributed by atoms with Crippen LogP contribution < -0.4 is 5.32 Å². The zero-order chi connectivity index (χ0) is 12.6. The predicted molar refractivity (Wildman–Crippen MR) is 58.1 cm³/mol. The Balaban J connectivity index is 2.39. The van der Waals surface area contributed by atoms with E-state index in [4.69, 9.17) is 9.57 Å². The molecule has 6 heteroatoms. The number of nitrogens with one attached hydrogen (secondary N) is 1. The first kappa shape index (κ1) is 13.2. The summed E-state index contributed by atoms with van der Waals surface area (Å²) >= 11 is 0. The molecule has 0 aromatic rings. The van der Waals surface area contributed by atoms with Gasteiger partial charge in [0.05, 0.1) is 7.11 Å². The van der Waals surface area contributed by atoms with Gasteiger partial charge in [0.1, 0.15) is 24.2 Å². The predicted octanol–water partition coefficient (Wildman–Crippen LogP) is 1.16. The summed E-state index contributed by atoms with van der Waals surface area (Å²) < 4.78 is 5.09. The number of nitrogens with zero attached hydrogens (tertiary/aromatic N) is 1. The molecule has 0 radical (unpaired) electrons. The fourth-order valence-corrected chi connectivity index (χ4v) is 1.60. The number of hydrogen-bond acceptors (Lipinski definition) is 4. The maximum atomic E-state index is 11.7. The van der Waals surface area contributed by atoms with Crippen molar-refractivity contribution in [2.24, 2.45) is 0 Å². The second kappa shape index (κ2) is 4.20. The van der Waals surface area contributed by atoms with Gasteiger partial charge in [-0.1, -0.05) is 0 Å². The molecule has 0 aromatic heterocycles. The fourth-order valence-electron chi connectivity index (χ4n) is 1.60. The minimum atomic E-state index is -0.722. The van der Waals surface area contributed by atoms with Crippen LogP contribution in [0.25, 0.3) is 0 Å². The van der Waals surface area contributed by atoms with E-state index in [0.29, 0.717) is 0 Å². The number of carbonyl (C=O) groups is 1. The second-order valence-electron chi connectivity index (χ2n) is 5.08. The van der Waals surface area contributed by atoms with Gasteiger partial charge in [-0.25, -0.2) is 14.4 Å². The Hall–Kier alpha value is -0.850. The van der Waals surface area contributed by atoms with Crippen LogP contribution in [0.1, 0.15) is 27.7 Å². The van der Waals surface area contributed by atoms with E-state index in [2.05, 4.69) is 5.32 Å². The van der Waals surface area contributed by atoms with Crippen LogP contribution in [0.3, 0.4) is 0 Å². The van der Waals surface area contributed by atoms with Gasteiger partial charge in [-0.05, 0) is 27.7 Å². The summed E-state index contributed by atoms with van der Waals surface area (Å²) in [6.45, 7) is 7.33. The van der Waals surface area contributed by atoms with Crippen LogP contribution >= 0.6 is 0 Å². The first-order valence-electron chi connectivity index (χ1n) is 5.32. The van der Waals surface area contributed by atoms with Crippen molar-refractivity contribution in [3.05, 3.63) is 5.21 Å². The lowest BCUT2D eigenvalue weighted by atomic mass is 10.0. The number of ether oxygens (including phenoxy) is 1. The number of amides is 1. The number of alkyl carbamates (subject to hydrolysis) is 1. The van der Waals surface area contributed by atoms with Crippen LogP contribution in [0, 0.1) is 5.21 Å². The number of carbonyl (C=O) groups excluding carboxylic acids is 1. The zero-order valence-electron chi connectivity index (χ0n) is 10.4. The molecule has 1 aliphatic rings. The van der Waals surface area contributed by atoms with E-state index in [1.165, 1.54) is 7.11 Å². The standard InChI is InChI=1S/C10H20N2O4/c1-7-8(6-12(7,14)15-5)11-9(13)16-10(2,3)4/h7-8H,6H2,1-5H3,(H,11,13)/t7?,8-,12?/m0/s1. The topological polar surface area (TPSA) is 70.6 Å². The molecule has 0 bridgehead atoms. The van der Waals surface area contributed by atoms with Gasteiger partial charge in [-0.3, -0.25) is 0 Å². The number of quaternary nitrogens is 1. The van der Waals surface area contributed by atoms with Gasteiger partial charge >= 0.3 is 6.09 Å². The Morgan fingerprint density at radius 2 is 2.06 bits per heavy atom. The Labute approximate surface area is 95.6 Å². The van der Waals surface area contributed by atoms with E-state index >= 15 is 0 Å². The van der Waals surface area contributed by atoms with Gasteiger partial charge in [0.25, 0.3) is 0 Å². The van der Waals surface area contributed by atoms with Crippen LogP contribution in [-0.4, -0.2) is 42.2 Å². The first-order valence-corrected chi connectivity index (χ1v) is 5.32. The molecule has 1 heterocycles. The molecule has 0 aliphatic carbocycles. The SMILES string of the molecule is CO[N+]1([O-])C[C@H](NC(=O)OC(C)(C)C)C1C. The Kier molecular flexibility index (Phi) is 3.47. The van der Waals surface area contributed by atoms with Crippen molar-refractivity contribution in [1.29, 1.82) is 0 Å². The van der Waals surface area contributed by atoms with Crippen LogP contribution in [0.15, 0.2) is 0 Å². The molecule has 3 atom stereocenters. The highest BCUT2D eigenvalue weighted by Gasteiger charge is 2.48. The lowest BCUT2D eigenvalue weighted by molar-refractivity contribution is -1.11. The van der Waals surface area contributed by atoms with Crippen molar-refractivity contribution in [1.82, 2.24) is 5.32 Å². The summed E-state index contributed by atoms with van der Waals surface area (Å²) in [7, 11) is 1.37. The van der Waals surface area contributed by atoms with Crippen molar-refractivity contribution in [3.63, 3.8) is 0 Å².